The molecule has 1 aliphatic heterocycles. The van der Waals surface area contributed by atoms with Crippen LogP contribution in [0.5, 0.6) is 0 Å². The van der Waals surface area contributed by atoms with Crippen molar-refractivity contribution in [1.82, 2.24) is 5.43 Å². The zero-order chi connectivity index (χ0) is 13.3. The van der Waals surface area contributed by atoms with Crippen LogP contribution < -0.4 is 10.4 Å². The third kappa shape index (κ3) is 2.01. The van der Waals surface area contributed by atoms with Crippen LogP contribution in [0, 0.1) is 5.41 Å². The smallest absolute Gasteiger partial charge is 0.250 e. The number of carbonyl (C=O) groups is 1. The summed E-state index contributed by atoms with van der Waals surface area (Å²) in [4.78, 5) is 11.9. The summed E-state index contributed by atoms with van der Waals surface area (Å²) in [5.41, 5.74) is 5.38. The number of carbonyl (C=O) groups excluding carboxylic acids is 1. The largest absolute Gasteiger partial charge is 0.272 e. The number of nitrogens with one attached hydrogen (secondary N) is 1. The fourth-order valence-corrected chi connectivity index (χ4v) is 2.08. The highest BCUT2D eigenvalue weighted by Gasteiger charge is 2.42. The van der Waals surface area contributed by atoms with Gasteiger partial charge in [-0.2, -0.15) is 0 Å². The topological polar surface area (TPSA) is 32.3 Å². The van der Waals surface area contributed by atoms with Gasteiger partial charge in [0.05, 0.1) is 11.1 Å². The maximum absolute atomic E-state index is 11.9. The normalized spacial score (nSPS) is 18.1. The van der Waals surface area contributed by atoms with Crippen LogP contribution in [0.1, 0.15) is 32.8 Å². The van der Waals surface area contributed by atoms with Gasteiger partial charge >= 0.3 is 0 Å². The van der Waals surface area contributed by atoms with E-state index in [9.17, 15) is 4.79 Å². The summed E-state index contributed by atoms with van der Waals surface area (Å²) < 4.78 is 0. The average Bonchev–Trinajstić information content (AvgIpc) is 2.54. The molecule has 1 heterocycles. The molecule has 3 nitrogen and oxygen atoms in total. The van der Waals surface area contributed by atoms with E-state index in [0.29, 0.717) is 0 Å². The second-order valence-corrected chi connectivity index (χ2v) is 5.27. The molecule has 1 N–H and O–H groups in total. The summed E-state index contributed by atoms with van der Waals surface area (Å²) in [5.74, 6) is -0.00612. The highest BCUT2D eigenvalue weighted by Crippen LogP contribution is 2.35. The van der Waals surface area contributed by atoms with Gasteiger partial charge in [0.15, 0.2) is 0 Å². The van der Waals surface area contributed by atoms with Gasteiger partial charge in [-0.25, -0.2) is 0 Å². The van der Waals surface area contributed by atoms with Gasteiger partial charge in [0.1, 0.15) is 0 Å². The molecule has 1 amide bonds. The average molecular weight is 244 g/mol. The van der Waals surface area contributed by atoms with Gasteiger partial charge in [-0.05, 0) is 38.0 Å². The van der Waals surface area contributed by atoms with E-state index < -0.39 is 5.41 Å². The quantitative estimate of drug-likeness (QED) is 0.886. The summed E-state index contributed by atoms with van der Waals surface area (Å²) in [5, 5.41) is 1.79. The number of rotatable bonds is 3. The van der Waals surface area contributed by atoms with E-state index in [1.165, 1.54) is 5.56 Å². The molecule has 18 heavy (non-hydrogen) atoms. The van der Waals surface area contributed by atoms with E-state index in [1.807, 2.05) is 26.0 Å². The summed E-state index contributed by atoms with van der Waals surface area (Å²) in [6.07, 6.45) is 2.16. The number of nitrogens with zero attached hydrogens (tertiary/aromatic N) is 1. The summed E-state index contributed by atoms with van der Waals surface area (Å²) >= 11 is 0. The first kappa shape index (κ1) is 12.7. The fourth-order valence-electron chi connectivity index (χ4n) is 2.08. The number of benzene rings is 1. The third-order valence-corrected chi connectivity index (χ3v) is 3.48. The molecule has 1 fully saturated rings. The number of anilines is 1. The lowest BCUT2D eigenvalue weighted by Crippen LogP contribution is -2.32. The lowest BCUT2D eigenvalue weighted by molar-refractivity contribution is -0.125. The van der Waals surface area contributed by atoms with Gasteiger partial charge in [-0.1, -0.05) is 32.1 Å². The molecule has 0 aromatic heterocycles. The number of aryl methyl sites for hydroxylation is 1. The van der Waals surface area contributed by atoms with Crippen molar-refractivity contribution in [3.05, 3.63) is 42.1 Å². The lowest BCUT2D eigenvalue weighted by atomic mass is 9.90. The Bertz CT molecular complexity index is 491. The summed E-state index contributed by atoms with van der Waals surface area (Å²) in [6.45, 7) is 9.97. The van der Waals surface area contributed by atoms with E-state index in [4.69, 9.17) is 0 Å². The summed E-state index contributed by atoms with van der Waals surface area (Å²) in [7, 11) is 0. The molecular weight excluding hydrogens is 224 g/mol. The van der Waals surface area contributed by atoms with Gasteiger partial charge in [0.25, 0.3) is 0 Å². The monoisotopic (exact) mass is 244 g/mol. The molecule has 0 saturated carbocycles. The Morgan fingerprint density at radius 3 is 2.67 bits per heavy atom. The molecule has 1 saturated heterocycles. The molecule has 0 radical (unpaired) electrons. The van der Waals surface area contributed by atoms with Gasteiger partial charge in [0.2, 0.25) is 5.91 Å². The van der Waals surface area contributed by atoms with Crippen LogP contribution in [0.15, 0.2) is 36.5 Å². The van der Waals surface area contributed by atoms with Crippen molar-refractivity contribution < 1.29 is 4.79 Å². The van der Waals surface area contributed by atoms with Crippen molar-refractivity contribution in [2.75, 3.05) is 5.01 Å². The predicted octanol–water partition coefficient (Wildman–Crippen LogP) is 3.03. The second-order valence-electron chi connectivity index (χ2n) is 5.27. The maximum Gasteiger partial charge on any atom is 0.250 e. The minimum atomic E-state index is -0.541. The van der Waals surface area contributed by atoms with Crippen LogP contribution in [-0.4, -0.2) is 5.91 Å². The third-order valence-electron chi connectivity index (χ3n) is 3.48. The molecule has 1 aliphatic rings. The first-order valence-corrected chi connectivity index (χ1v) is 6.36. The van der Waals surface area contributed by atoms with E-state index >= 15 is 0 Å². The van der Waals surface area contributed by atoms with E-state index in [0.717, 1.165) is 24.2 Å². The molecule has 96 valence electrons. The Balaban J connectivity index is 2.30. The number of hydrogen-bond acceptors (Lipinski definition) is 2. The Hall–Kier alpha value is -1.77. The second kappa shape index (κ2) is 4.48. The molecule has 2 rings (SSSR count). The van der Waals surface area contributed by atoms with Crippen LogP contribution in [0.3, 0.4) is 0 Å². The number of hydrazine groups is 1. The lowest BCUT2D eigenvalue weighted by Gasteiger charge is -2.22. The Morgan fingerprint density at radius 1 is 1.39 bits per heavy atom. The minimum absolute atomic E-state index is 0.00612. The Labute approximate surface area is 108 Å². The van der Waals surface area contributed by atoms with Crippen LogP contribution in [0.25, 0.3) is 0 Å². The Kier molecular flexibility index (Phi) is 3.16. The van der Waals surface area contributed by atoms with Crippen molar-refractivity contribution in [2.45, 2.75) is 33.6 Å². The van der Waals surface area contributed by atoms with Crippen molar-refractivity contribution >= 4 is 11.6 Å². The van der Waals surface area contributed by atoms with Crippen molar-refractivity contribution in [2.24, 2.45) is 5.41 Å². The predicted molar refractivity (Wildman–Crippen MR) is 74.0 cm³/mol. The maximum atomic E-state index is 11.9. The first-order chi connectivity index (χ1) is 8.46. The zero-order valence-electron chi connectivity index (χ0n) is 11.3. The highest BCUT2D eigenvalue weighted by atomic mass is 16.2. The van der Waals surface area contributed by atoms with Crippen molar-refractivity contribution in [3.63, 3.8) is 0 Å². The van der Waals surface area contributed by atoms with Crippen LogP contribution in [0.4, 0.5) is 5.69 Å². The van der Waals surface area contributed by atoms with E-state index in [-0.39, 0.29) is 5.91 Å². The van der Waals surface area contributed by atoms with Crippen LogP contribution in [0.2, 0.25) is 0 Å². The van der Waals surface area contributed by atoms with Crippen LogP contribution >= 0.6 is 0 Å². The molecule has 0 aliphatic carbocycles. The number of amides is 1. The number of hydrogen-bond donors (Lipinski definition) is 1. The molecule has 0 spiro atoms. The van der Waals surface area contributed by atoms with Crippen LogP contribution in [-0.2, 0) is 11.2 Å². The standard InChI is InChI=1S/C15H20N2O/c1-5-7-12-8-6-9-13(10-12)17-11(2)15(3,4)14(18)16-17/h6,8-10H,2,5,7H2,1,3-4H3,(H,16,18). The van der Waals surface area contributed by atoms with Gasteiger partial charge in [-0.15, -0.1) is 0 Å². The van der Waals surface area contributed by atoms with Gasteiger partial charge in [0, 0.05) is 5.70 Å². The van der Waals surface area contributed by atoms with Crippen molar-refractivity contribution in [1.29, 1.82) is 0 Å². The Morgan fingerprint density at radius 2 is 2.11 bits per heavy atom. The van der Waals surface area contributed by atoms with E-state index in [2.05, 4.69) is 31.1 Å². The SMILES string of the molecule is C=C1N(c2cccc(CCC)c2)NC(=O)C1(C)C. The molecule has 1 aromatic carbocycles. The van der Waals surface area contributed by atoms with Gasteiger partial charge in [-0.3, -0.25) is 15.2 Å². The molecule has 0 atom stereocenters. The summed E-state index contributed by atoms with van der Waals surface area (Å²) in [6, 6.07) is 8.23. The highest BCUT2D eigenvalue weighted by molar-refractivity contribution is 5.92. The first-order valence-electron chi connectivity index (χ1n) is 6.36. The minimum Gasteiger partial charge on any atom is -0.272 e. The molecule has 0 bridgehead atoms. The zero-order valence-corrected chi connectivity index (χ0v) is 11.3. The fraction of sp³-hybridized carbons (Fsp3) is 0.400. The van der Waals surface area contributed by atoms with E-state index in [1.54, 1.807) is 5.01 Å². The molecule has 0 unspecified atom stereocenters. The van der Waals surface area contributed by atoms with Crippen molar-refractivity contribution in [3.8, 4) is 0 Å². The molecule has 1 aromatic rings. The molecule has 3 heteroatoms. The van der Waals surface area contributed by atoms with Gasteiger partial charge < -0.3 is 0 Å². The molecular formula is C15H20N2O.